The molecule has 1 aliphatic carbocycles. The summed E-state index contributed by atoms with van der Waals surface area (Å²) in [4.78, 5) is 16.8. The lowest BCUT2D eigenvalue weighted by Gasteiger charge is -2.36. The zero-order valence-electron chi connectivity index (χ0n) is 12.9. The first-order chi connectivity index (χ1) is 10.6. The van der Waals surface area contributed by atoms with Crippen LogP contribution in [0.2, 0.25) is 0 Å². The van der Waals surface area contributed by atoms with E-state index in [1.807, 2.05) is 6.08 Å². The molecule has 3 rings (SSSR count). The third kappa shape index (κ3) is 3.38. The van der Waals surface area contributed by atoms with Gasteiger partial charge in [0, 0.05) is 24.0 Å². The summed E-state index contributed by atoms with van der Waals surface area (Å²) in [5.41, 5.74) is 6.57. The molecule has 0 bridgehead atoms. The molecular formula is C16H23N3O2S. The molecule has 2 heterocycles. The Hall–Kier alpha value is -1.27. The van der Waals surface area contributed by atoms with Crippen LogP contribution in [0, 0.1) is 5.92 Å². The maximum atomic E-state index is 12.2. The van der Waals surface area contributed by atoms with E-state index in [-0.39, 0.29) is 23.5 Å². The largest absolute Gasteiger partial charge is 0.379 e. The highest BCUT2D eigenvalue weighted by Crippen LogP contribution is 2.37. The predicted octanol–water partition coefficient (Wildman–Crippen LogP) is 1.95. The van der Waals surface area contributed by atoms with Gasteiger partial charge >= 0.3 is 0 Å². The van der Waals surface area contributed by atoms with Crippen LogP contribution in [-0.4, -0.2) is 35.1 Å². The van der Waals surface area contributed by atoms with E-state index in [9.17, 15) is 4.79 Å². The Kier molecular flexibility index (Phi) is 4.59. The smallest absolute Gasteiger partial charge is 0.253 e. The van der Waals surface area contributed by atoms with E-state index in [4.69, 9.17) is 10.5 Å². The molecule has 0 aromatic rings. The Bertz CT molecular complexity index is 538. The van der Waals surface area contributed by atoms with Crippen molar-refractivity contribution in [1.29, 1.82) is 0 Å². The molecule has 120 valence electrons. The van der Waals surface area contributed by atoms with Crippen LogP contribution in [0.25, 0.3) is 0 Å². The second-order valence-electron chi connectivity index (χ2n) is 6.26. The molecule has 6 heteroatoms. The molecule has 3 N–H and O–H groups in total. The van der Waals surface area contributed by atoms with Crippen molar-refractivity contribution in [3.8, 4) is 0 Å². The maximum absolute atomic E-state index is 12.2. The summed E-state index contributed by atoms with van der Waals surface area (Å²) in [5, 5.41) is 3.65. The van der Waals surface area contributed by atoms with Gasteiger partial charge in [-0.15, -0.1) is 0 Å². The molecule has 5 nitrogen and oxygen atoms in total. The molecule has 22 heavy (non-hydrogen) atoms. The molecule has 3 aliphatic rings. The van der Waals surface area contributed by atoms with Gasteiger partial charge in [-0.1, -0.05) is 23.9 Å². The Morgan fingerprint density at radius 1 is 1.59 bits per heavy atom. The number of hydrogen-bond acceptors (Lipinski definition) is 5. The minimum Gasteiger partial charge on any atom is -0.379 e. The van der Waals surface area contributed by atoms with Gasteiger partial charge in [0.15, 0.2) is 5.17 Å². The van der Waals surface area contributed by atoms with Gasteiger partial charge in [0.1, 0.15) is 6.10 Å². The number of rotatable bonds is 3. The van der Waals surface area contributed by atoms with Gasteiger partial charge in [-0.3, -0.25) is 9.79 Å². The molecule has 1 amide bonds. The standard InChI is InChI=1S/C16H23N3O2S/c1-16(7-9-22-15(17)19-16)11-4-2-5-12(10-11)18-14(20)13-6-3-8-21-13/h2,5,10-11,13H,3-4,6-9H2,1H3,(H2,17,19)(H,18,20)/t11?,13?,16-/m0/s1. The fraction of sp³-hybridized carbons (Fsp3) is 0.625. The molecule has 0 spiro atoms. The second-order valence-corrected chi connectivity index (χ2v) is 7.38. The summed E-state index contributed by atoms with van der Waals surface area (Å²) in [6.45, 7) is 2.83. The van der Waals surface area contributed by atoms with Crippen molar-refractivity contribution < 1.29 is 9.53 Å². The molecular weight excluding hydrogens is 298 g/mol. The van der Waals surface area contributed by atoms with Gasteiger partial charge < -0.3 is 15.8 Å². The highest BCUT2D eigenvalue weighted by Gasteiger charge is 2.35. The second kappa shape index (κ2) is 6.46. The van der Waals surface area contributed by atoms with Gasteiger partial charge in [0.05, 0.1) is 5.54 Å². The summed E-state index contributed by atoms with van der Waals surface area (Å²) in [7, 11) is 0. The van der Waals surface area contributed by atoms with Gasteiger partial charge in [-0.25, -0.2) is 0 Å². The fourth-order valence-electron chi connectivity index (χ4n) is 3.18. The van der Waals surface area contributed by atoms with Crippen molar-refractivity contribution in [3.05, 3.63) is 23.9 Å². The van der Waals surface area contributed by atoms with E-state index in [1.54, 1.807) is 11.8 Å². The van der Waals surface area contributed by atoms with E-state index < -0.39 is 0 Å². The predicted molar refractivity (Wildman–Crippen MR) is 89.5 cm³/mol. The van der Waals surface area contributed by atoms with Crippen molar-refractivity contribution in [2.24, 2.45) is 16.6 Å². The molecule has 0 radical (unpaired) electrons. The quantitative estimate of drug-likeness (QED) is 0.833. The molecule has 0 saturated carbocycles. The van der Waals surface area contributed by atoms with Gasteiger partial charge in [0.2, 0.25) is 0 Å². The van der Waals surface area contributed by atoms with Gasteiger partial charge in [-0.2, -0.15) is 0 Å². The molecule has 3 atom stereocenters. The normalized spacial score (nSPS) is 35.0. The third-order valence-electron chi connectivity index (χ3n) is 4.58. The minimum absolute atomic E-state index is 0.0404. The average Bonchev–Trinajstić information content (AvgIpc) is 3.01. The number of carbonyl (C=O) groups is 1. The van der Waals surface area contributed by atoms with Crippen LogP contribution in [-0.2, 0) is 9.53 Å². The summed E-state index contributed by atoms with van der Waals surface area (Å²) in [6.07, 6.45) is 9.59. The number of allylic oxidation sites excluding steroid dienone is 2. The van der Waals surface area contributed by atoms with Crippen LogP contribution < -0.4 is 11.1 Å². The van der Waals surface area contributed by atoms with Crippen LogP contribution in [0.1, 0.15) is 32.6 Å². The van der Waals surface area contributed by atoms with Crippen molar-refractivity contribution in [1.82, 2.24) is 5.32 Å². The molecule has 0 aromatic heterocycles. The first kappa shape index (κ1) is 15.6. The monoisotopic (exact) mass is 321 g/mol. The summed E-state index contributed by atoms with van der Waals surface area (Å²) < 4.78 is 5.43. The number of amides is 1. The number of nitrogens with zero attached hydrogens (tertiary/aromatic N) is 1. The number of thioether (sulfide) groups is 1. The molecule has 2 unspecified atom stereocenters. The number of carbonyl (C=O) groups excluding carboxylic acids is 1. The van der Waals surface area contributed by atoms with Crippen molar-refractivity contribution in [2.45, 2.75) is 44.2 Å². The lowest BCUT2D eigenvalue weighted by molar-refractivity contribution is -0.129. The third-order valence-corrected chi connectivity index (χ3v) is 5.38. The number of nitrogens with two attached hydrogens (primary N) is 1. The van der Waals surface area contributed by atoms with E-state index in [0.717, 1.165) is 37.1 Å². The maximum Gasteiger partial charge on any atom is 0.253 e. The Morgan fingerprint density at radius 2 is 2.45 bits per heavy atom. The highest BCUT2D eigenvalue weighted by atomic mass is 32.2. The zero-order valence-corrected chi connectivity index (χ0v) is 13.7. The van der Waals surface area contributed by atoms with Crippen LogP contribution in [0.5, 0.6) is 0 Å². The van der Waals surface area contributed by atoms with Crippen molar-refractivity contribution >= 4 is 22.8 Å². The Morgan fingerprint density at radius 3 is 3.18 bits per heavy atom. The number of aliphatic imine (C=N–C) groups is 1. The fourth-order valence-corrected chi connectivity index (χ4v) is 4.17. The average molecular weight is 321 g/mol. The van der Waals surface area contributed by atoms with E-state index >= 15 is 0 Å². The van der Waals surface area contributed by atoms with Crippen LogP contribution >= 0.6 is 11.8 Å². The SMILES string of the molecule is C[C@@]1(C2C=C(NC(=O)C3CCCO3)C=CC2)CCSC(N)=N1. The van der Waals surface area contributed by atoms with Crippen molar-refractivity contribution in [2.75, 3.05) is 12.4 Å². The van der Waals surface area contributed by atoms with E-state index in [0.29, 0.717) is 11.8 Å². The molecule has 0 aromatic carbocycles. The lowest BCUT2D eigenvalue weighted by Crippen LogP contribution is -2.39. The first-order valence-corrected chi connectivity index (χ1v) is 8.84. The lowest BCUT2D eigenvalue weighted by atomic mass is 9.79. The van der Waals surface area contributed by atoms with E-state index in [2.05, 4.69) is 29.4 Å². The van der Waals surface area contributed by atoms with Gasteiger partial charge in [0.25, 0.3) is 5.91 Å². The topological polar surface area (TPSA) is 76.7 Å². The van der Waals surface area contributed by atoms with E-state index in [1.165, 1.54) is 0 Å². The molecule has 1 fully saturated rings. The van der Waals surface area contributed by atoms with Gasteiger partial charge in [-0.05, 0) is 38.7 Å². The number of ether oxygens (including phenoxy) is 1. The van der Waals surface area contributed by atoms with Crippen LogP contribution in [0.4, 0.5) is 0 Å². The highest BCUT2D eigenvalue weighted by molar-refractivity contribution is 8.13. The Labute approximate surface area is 135 Å². The van der Waals surface area contributed by atoms with Crippen molar-refractivity contribution in [3.63, 3.8) is 0 Å². The van der Waals surface area contributed by atoms with Crippen LogP contribution in [0.3, 0.4) is 0 Å². The number of nitrogens with one attached hydrogen (secondary N) is 1. The summed E-state index contributed by atoms with van der Waals surface area (Å²) in [5.74, 6) is 1.22. The minimum atomic E-state index is -0.301. The number of amidine groups is 1. The zero-order chi connectivity index (χ0) is 15.6. The molecule has 1 saturated heterocycles. The Balaban J connectivity index is 1.70. The number of hydrogen-bond donors (Lipinski definition) is 2. The van der Waals surface area contributed by atoms with Crippen LogP contribution in [0.15, 0.2) is 28.9 Å². The summed E-state index contributed by atoms with van der Waals surface area (Å²) in [6, 6.07) is 0. The summed E-state index contributed by atoms with van der Waals surface area (Å²) >= 11 is 1.62. The first-order valence-electron chi connectivity index (χ1n) is 7.86. The molecule has 2 aliphatic heterocycles.